The molecule has 1 rings (SSSR count). The van der Waals surface area contributed by atoms with Gasteiger partial charge in [0.05, 0.1) is 0 Å². The zero-order valence-corrected chi connectivity index (χ0v) is 3.84. The molecule has 1 amide bonds. The van der Waals surface area contributed by atoms with Crippen LogP contribution in [0.25, 0.3) is 0 Å². The predicted molar refractivity (Wildman–Crippen MR) is 24.8 cm³/mol. The first-order valence-electron chi connectivity index (χ1n) is 1.89. The lowest BCUT2D eigenvalue weighted by atomic mass is 10.4. The highest BCUT2D eigenvalue weighted by atomic mass is 16.2. The lowest BCUT2D eigenvalue weighted by Crippen LogP contribution is -2.26. The zero-order chi connectivity index (χ0) is 6.15. The van der Waals surface area contributed by atoms with Crippen LogP contribution in [0.15, 0.2) is 5.10 Å². The fraction of sp³-hybridized carbons (Fsp3) is 0. The zero-order valence-electron chi connectivity index (χ0n) is 3.84. The van der Waals surface area contributed by atoms with E-state index in [0.717, 1.165) is 0 Å². The minimum atomic E-state index is -0.762. The molecule has 5 heteroatoms. The Morgan fingerprint density at radius 1 is 1.50 bits per heavy atom. The van der Waals surface area contributed by atoms with E-state index < -0.39 is 11.7 Å². The third kappa shape index (κ3) is 0.446. The Kier molecular flexibility index (Phi) is 0.768. The van der Waals surface area contributed by atoms with Crippen molar-refractivity contribution in [2.24, 2.45) is 10.8 Å². The second kappa shape index (κ2) is 1.29. The molecule has 0 atom stereocenters. The number of amidine groups is 1. The number of amides is 1. The average molecular weight is 113 g/mol. The fourth-order valence-electron chi connectivity index (χ4n) is 0.329. The van der Waals surface area contributed by atoms with E-state index >= 15 is 0 Å². The summed E-state index contributed by atoms with van der Waals surface area (Å²) >= 11 is 0. The first-order chi connectivity index (χ1) is 3.72. The number of hydrogen-bond donors (Lipinski definition) is 2. The van der Waals surface area contributed by atoms with E-state index in [0.29, 0.717) is 0 Å². The number of nitrogens with two attached hydrogens (primary N) is 1. The summed E-state index contributed by atoms with van der Waals surface area (Å²) in [5, 5.41) is 3.14. The minimum Gasteiger partial charge on any atom is -0.379 e. The highest BCUT2D eigenvalue weighted by Crippen LogP contribution is 1.81. The van der Waals surface area contributed by atoms with Crippen molar-refractivity contribution in [2.45, 2.75) is 0 Å². The van der Waals surface area contributed by atoms with Crippen LogP contribution in [0.2, 0.25) is 0 Å². The quantitative estimate of drug-likeness (QED) is 0.355. The minimum absolute atomic E-state index is 0.269. The van der Waals surface area contributed by atoms with Crippen LogP contribution in [0.3, 0.4) is 0 Å². The molecule has 0 aromatic rings. The normalized spacial score (nSPS) is 18.2. The van der Waals surface area contributed by atoms with E-state index in [1.54, 1.807) is 0 Å². The van der Waals surface area contributed by atoms with E-state index in [9.17, 15) is 9.59 Å². The Labute approximate surface area is 44.5 Å². The Morgan fingerprint density at radius 3 is 2.25 bits per heavy atom. The van der Waals surface area contributed by atoms with Crippen molar-refractivity contribution < 1.29 is 9.59 Å². The van der Waals surface area contributed by atoms with Gasteiger partial charge in [-0.25, -0.2) is 5.43 Å². The number of rotatable bonds is 0. The van der Waals surface area contributed by atoms with Crippen molar-refractivity contribution in [1.82, 2.24) is 5.43 Å². The summed E-state index contributed by atoms with van der Waals surface area (Å²) in [6.07, 6.45) is 0. The van der Waals surface area contributed by atoms with Gasteiger partial charge in [-0.15, -0.1) is 0 Å². The monoisotopic (exact) mass is 113 g/mol. The lowest BCUT2D eigenvalue weighted by Gasteiger charge is -1.77. The third-order valence-electron chi connectivity index (χ3n) is 0.717. The fourth-order valence-corrected chi connectivity index (χ4v) is 0.329. The molecule has 0 unspecified atom stereocenters. The second-order valence-corrected chi connectivity index (χ2v) is 1.27. The molecular weight excluding hydrogens is 110 g/mol. The van der Waals surface area contributed by atoms with Crippen molar-refractivity contribution in [2.75, 3.05) is 0 Å². The summed E-state index contributed by atoms with van der Waals surface area (Å²) in [5.74, 6) is -1.79. The molecule has 0 aromatic carbocycles. The highest BCUT2D eigenvalue weighted by Gasteiger charge is 2.23. The smallest absolute Gasteiger partial charge is 0.315 e. The molecule has 42 valence electrons. The van der Waals surface area contributed by atoms with E-state index in [2.05, 4.69) is 5.10 Å². The summed E-state index contributed by atoms with van der Waals surface area (Å²) < 4.78 is 0. The van der Waals surface area contributed by atoms with Crippen molar-refractivity contribution in [3.63, 3.8) is 0 Å². The Balaban J connectivity index is 2.89. The first-order valence-corrected chi connectivity index (χ1v) is 1.89. The molecule has 0 bridgehead atoms. The summed E-state index contributed by atoms with van der Waals surface area (Å²) in [5.41, 5.74) is 6.78. The van der Waals surface area contributed by atoms with Gasteiger partial charge in [0.25, 0.3) is 5.78 Å². The van der Waals surface area contributed by atoms with Gasteiger partial charge in [0.1, 0.15) is 0 Å². The molecule has 0 saturated carbocycles. The lowest BCUT2D eigenvalue weighted by molar-refractivity contribution is -0.133. The standard InChI is InChI=1S/C3H3N3O2/c4-2-1(7)3(8)6-5-2/h(H3,4,5,6,7,8). The number of nitrogens with zero attached hydrogens (tertiary/aromatic N) is 1. The molecule has 0 fully saturated rings. The molecule has 1 aliphatic heterocycles. The maximum atomic E-state index is 10.2. The van der Waals surface area contributed by atoms with Crippen LogP contribution in [0.1, 0.15) is 0 Å². The van der Waals surface area contributed by atoms with Gasteiger partial charge in [-0.1, -0.05) is 0 Å². The third-order valence-corrected chi connectivity index (χ3v) is 0.717. The van der Waals surface area contributed by atoms with Crippen LogP contribution in [0.5, 0.6) is 0 Å². The van der Waals surface area contributed by atoms with Crippen molar-refractivity contribution in [1.29, 1.82) is 0 Å². The topological polar surface area (TPSA) is 84.5 Å². The molecule has 1 heterocycles. The number of carbonyl (C=O) groups excluding carboxylic acids is 2. The van der Waals surface area contributed by atoms with Crippen LogP contribution in [0, 0.1) is 0 Å². The second-order valence-electron chi connectivity index (χ2n) is 1.27. The van der Waals surface area contributed by atoms with Crippen LogP contribution in [-0.2, 0) is 9.59 Å². The summed E-state index contributed by atoms with van der Waals surface area (Å²) in [6.45, 7) is 0. The molecule has 0 saturated heterocycles. The van der Waals surface area contributed by atoms with Crippen LogP contribution in [0.4, 0.5) is 0 Å². The van der Waals surface area contributed by atoms with Gasteiger partial charge in [0, 0.05) is 0 Å². The Bertz CT molecular complexity index is 183. The number of hydrazone groups is 1. The van der Waals surface area contributed by atoms with E-state index in [-0.39, 0.29) is 5.84 Å². The van der Waals surface area contributed by atoms with Crippen molar-refractivity contribution >= 4 is 17.5 Å². The van der Waals surface area contributed by atoms with E-state index in [1.807, 2.05) is 5.43 Å². The predicted octanol–water partition coefficient (Wildman–Crippen LogP) is -2.04. The summed E-state index contributed by atoms with van der Waals surface area (Å²) in [4.78, 5) is 20.4. The molecule has 0 radical (unpaired) electrons. The van der Waals surface area contributed by atoms with Gasteiger partial charge in [0.15, 0.2) is 5.84 Å². The van der Waals surface area contributed by atoms with Crippen LogP contribution < -0.4 is 11.2 Å². The number of ketones is 1. The van der Waals surface area contributed by atoms with Crippen LogP contribution >= 0.6 is 0 Å². The van der Waals surface area contributed by atoms with Crippen molar-refractivity contribution in [3.8, 4) is 0 Å². The van der Waals surface area contributed by atoms with E-state index in [4.69, 9.17) is 5.73 Å². The van der Waals surface area contributed by atoms with Crippen molar-refractivity contribution in [3.05, 3.63) is 0 Å². The molecule has 0 aliphatic carbocycles. The first kappa shape index (κ1) is 4.76. The summed E-state index contributed by atoms with van der Waals surface area (Å²) in [6, 6.07) is 0. The number of hydrogen-bond acceptors (Lipinski definition) is 4. The highest BCUT2D eigenvalue weighted by molar-refractivity contribution is 6.65. The molecule has 0 spiro atoms. The van der Waals surface area contributed by atoms with Gasteiger partial charge < -0.3 is 5.73 Å². The van der Waals surface area contributed by atoms with E-state index in [1.165, 1.54) is 0 Å². The largest absolute Gasteiger partial charge is 0.379 e. The maximum absolute atomic E-state index is 10.2. The molecule has 3 N–H and O–H groups in total. The van der Waals surface area contributed by atoms with Gasteiger partial charge in [0.2, 0.25) is 0 Å². The number of Topliss-reactive ketones (excluding diaryl/α,β-unsaturated/α-hetero) is 1. The van der Waals surface area contributed by atoms with Crippen LogP contribution in [-0.4, -0.2) is 17.5 Å². The summed E-state index contributed by atoms with van der Waals surface area (Å²) in [7, 11) is 0. The van der Waals surface area contributed by atoms with Gasteiger partial charge >= 0.3 is 5.91 Å². The maximum Gasteiger partial charge on any atom is 0.315 e. The van der Waals surface area contributed by atoms with Gasteiger partial charge in [-0.2, -0.15) is 5.10 Å². The Morgan fingerprint density at radius 2 is 2.12 bits per heavy atom. The van der Waals surface area contributed by atoms with Gasteiger partial charge in [-0.3, -0.25) is 9.59 Å². The SMILES string of the molecule is NC1=NNC(=O)C1=O. The molecule has 0 aromatic heterocycles. The molecular formula is C3H3N3O2. The van der Waals surface area contributed by atoms with Gasteiger partial charge in [-0.05, 0) is 0 Å². The molecule has 8 heavy (non-hydrogen) atoms. The molecule has 5 nitrogen and oxygen atoms in total. The number of carbonyl (C=O) groups is 2. The average Bonchev–Trinajstić information content (AvgIpc) is 1.98. The Hall–Kier alpha value is -1.39. The number of nitrogens with one attached hydrogen (secondary N) is 1. The molecule has 1 aliphatic rings.